The van der Waals surface area contributed by atoms with Crippen molar-refractivity contribution in [3.05, 3.63) is 52.5 Å². The molecule has 0 spiro atoms. The van der Waals surface area contributed by atoms with E-state index in [4.69, 9.17) is 4.42 Å². The quantitative estimate of drug-likeness (QED) is 0.712. The Morgan fingerprint density at radius 2 is 1.96 bits per heavy atom. The van der Waals surface area contributed by atoms with Crippen LogP contribution in [0.4, 0.5) is 0 Å². The fraction of sp³-hybridized carbons (Fsp3) is 0.316. The Labute approximate surface area is 155 Å². The molecule has 0 saturated carbocycles. The first-order valence-corrected chi connectivity index (χ1v) is 9.51. The Balaban J connectivity index is 1.41. The van der Waals surface area contributed by atoms with Gasteiger partial charge >= 0.3 is 0 Å². The predicted molar refractivity (Wildman–Crippen MR) is 99.1 cm³/mol. The summed E-state index contributed by atoms with van der Waals surface area (Å²) in [5.41, 5.74) is 1.94. The Hall–Kier alpha value is -2.67. The maximum atomic E-state index is 12.8. The molecule has 134 valence electrons. The van der Waals surface area contributed by atoms with E-state index in [0.717, 1.165) is 16.8 Å². The third-order valence-electron chi connectivity index (χ3n) is 4.62. The highest BCUT2D eigenvalue weighted by atomic mass is 32.1. The van der Waals surface area contributed by atoms with E-state index in [2.05, 4.69) is 4.98 Å². The number of benzene rings is 1. The SMILES string of the molecule is O=C(Cc1cccs1)N1CCCN(C(=O)c2ccc3ncoc3c2)CC1. The van der Waals surface area contributed by atoms with E-state index in [1.54, 1.807) is 29.5 Å². The number of thiophene rings is 1. The van der Waals surface area contributed by atoms with E-state index >= 15 is 0 Å². The van der Waals surface area contributed by atoms with Gasteiger partial charge in [-0.25, -0.2) is 4.98 Å². The minimum Gasteiger partial charge on any atom is -0.443 e. The second-order valence-electron chi connectivity index (χ2n) is 6.32. The number of amides is 2. The molecule has 2 amide bonds. The molecule has 1 aliphatic heterocycles. The minimum absolute atomic E-state index is 0.0316. The number of oxazole rings is 1. The molecule has 0 N–H and O–H groups in total. The highest BCUT2D eigenvalue weighted by Crippen LogP contribution is 2.17. The molecule has 0 radical (unpaired) electrons. The average molecular weight is 369 g/mol. The lowest BCUT2D eigenvalue weighted by Gasteiger charge is -2.22. The van der Waals surface area contributed by atoms with Crippen LogP contribution >= 0.6 is 11.3 Å². The van der Waals surface area contributed by atoms with Gasteiger partial charge < -0.3 is 14.2 Å². The largest absolute Gasteiger partial charge is 0.443 e. The highest BCUT2D eigenvalue weighted by molar-refractivity contribution is 7.10. The van der Waals surface area contributed by atoms with Gasteiger partial charge in [-0.1, -0.05) is 6.07 Å². The first kappa shape index (κ1) is 16.8. The molecule has 3 aromatic rings. The Morgan fingerprint density at radius 3 is 2.81 bits per heavy atom. The molecular weight excluding hydrogens is 350 g/mol. The monoisotopic (exact) mass is 369 g/mol. The summed E-state index contributed by atoms with van der Waals surface area (Å²) in [7, 11) is 0. The third-order valence-corrected chi connectivity index (χ3v) is 5.50. The van der Waals surface area contributed by atoms with Crippen molar-refractivity contribution in [2.75, 3.05) is 26.2 Å². The number of carbonyl (C=O) groups is 2. The summed E-state index contributed by atoms with van der Waals surface area (Å²) in [6.07, 6.45) is 2.60. The summed E-state index contributed by atoms with van der Waals surface area (Å²) >= 11 is 1.60. The zero-order valence-corrected chi connectivity index (χ0v) is 15.1. The topological polar surface area (TPSA) is 66.7 Å². The van der Waals surface area contributed by atoms with E-state index in [-0.39, 0.29) is 11.8 Å². The number of aromatic nitrogens is 1. The van der Waals surface area contributed by atoms with Gasteiger partial charge in [-0.2, -0.15) is 0 Å². The van der Waals surface area contributed by atoms with Gasteiger partial charge in [0.05, 0.1) is 6.42 Å². The van der Waals surface area contributed by atoms with Gasteiger partial charge in [0.1, 0.15) is 5.52 Å². The van der Waals surface area contributed by atoms with Crippen molar-refractivity contribution < 1.29 is 14.0 Å². The summed E-state index contributed by atoms with van der Waals surface area (Å²) in [6.45, 7) is 2.45. The van der Waals surface area contributed by atoms with Crippen LogP contribution in [0.1, 0.15) is 21.7 Å². The molecular formula is C19H19N3O3S. The molecule has 7 heteroatoms. The van der Waals surface area contributed by atoms with Crippen LogP contribution in [0.5, 0.6) is 0 Å². The highest BCUT2D eigenvalue weighted by Gasteiger charge is 2.23. The molecule has 4 rings (SSSR count). The molecule has 1 aromatic carbocycles. The predicted octanol–water partition coefficient (Wildman–Crippen LogP) is 2.81. The lowest BCUT2D eigenvalue weighted by atomic mass is 10.1. The van der Waals surface area contributed by atoms with Crippen LogP contribution in [-0.4, -0.2) is 52.8 Å². The Kier molecular flexibility index (Phi) is 4.71. The molecule has 0 atom stereocenters. The van der Waals surface area contributed by atoms with E-state index in [0.29, 0.717) is 43.7 Å². The molecule has 26 heavy (non-hydrogen) atoms. The van der Waals surface area contributed by atoms with E-state index < -0.39 is 0 Å². The Morgan fingerprint density at radius 1 is 1.12 bits per heavy atom. The number of fused-ring (bicyclic) bond motifs is 1. The third kappa shape index (κ3) is 3.48. The van der Waals surface area contributed by atoms with Gasteiger partial charge in [0.2, 0.25) is 5.91 Å². The van der Waals surface area contributed by atoms with Crippen LogP contribution in [-0.2, 0) is 11.2 Å². The zero-order chi connectivity index (χ0) is 17.9. The lowest BCUT2D eigenvalue weighted by Crippen LogP contribution is -2.37. The first-order valence-electron chi connectivity index (χ1n) is 8.63. The van der Waals surface area contributed by atoms with Crippen molar-refractivity contribution in [2.45, 2.75) is 12.8 Å². The van der Waals surface area contributed by atoms with Crippen molar-refractivity contribution in [3.8, 4) is 0 Å². The van der Waals surface area contributed by atoms with Crippen molar-refractivity contribution in [1.29, 1.82) is 0 Å². The average Bonchev–Trinajstić information content (AvgIpc) is 3.27. The standard InChI is InChI=1S/C19H19N3O3S/c23-18(12-15-3-1-10-26-15)21-6-2-7-22(9-8-21)19(24)14-4-5-16-17(11-14)25-13-20-16/h1,3-5,10-11,13H,2,6-9,12H2. The first-order chi connectivity index (χ1) is 12.7. The normalized spacial score (nSPS) is 15.2. The maximum absolute atomic E-state index is 12.8. The van der Waals surface area contributed by atoms with Crippen molar-refractivity contribution >= 4 is 34.3 Å². The minimum atomic E-state index is -0.0316. The molecule has 6 nitrogen and oxygen atoms in total. The number of carbonyl (C=O) groups excluding carboxylic acids is 2. The number of hydrogen-bond acceptors (Lipinski definition) is 5. The maximum Gasteiger partial charge on any atom is 0.254 e. The van der Waals surface area contributed by atoms with Crippen molar-refractivity contribution in [2.24, 2.45) is 0 Å². The number of nitrogens with zero attached hydrogens (tertiary/aromatic N) is 3. The van der Waals surface area contributed by atoms with Gasteiger partial charge in [0, 0.05) is 36.6 Å². The van der Waals surface area contributed by atoms with Crippen LogP contribution in [0.2, 0.25) is 0 Å². The van der Waals surface area contributed by atoms with Crippen molar-refractivity contribution in [3.63, 3.8) is 0 Å². The summed E-state index contributed by atoms with van der Waals surface area (Å²) in [5, 5.41) is 1.98. The zero-order valence-electron chi connectivity index (χ0n) is 14.3. The van der Waals surface area contributed by atoms with Crippen molar-refractivity contribution in [1.82, 2.24) is 14.8 Å². The molecule has 1 aliphatic rings. The van der Waals surface area contributed by atoms with Gasteiger partial charge in [-0.05, 0) is 36.1 Å². The van der Waals surface area contributed by atoms with Gasteiger partial charge in [0.15, 0.2) is 12.0 Å². The van der Waals surface area contributed by atoms with E-state index in [1.165, 1.54) is 6.39 Å². The summed E-state index contributed by atoms with van der Waals surface area (Å²) in [6, 6.07) is 9.24. The lowest BCUT2D eigenvalue weighted by molar-refractivity contribution is -0.130. The van der Waals surface area contributed by atoms with Crippen LogP contribution in [0.3, 0.4) is 0 Å². The van der Waals surface area contributed by atoms with Crippen LogP contribution < -0.4 is 0 Å². The molecule has 0 bridgehead atoms. The van der Waals surface area contributed by atoms with Gasteiger partial charge in [-0.15, -0.1) is 11.3 Å². The van der Waals surface area contributed by atoms with E-state index in [1.807, 2.05) is 27.3 Å². The van der Waals surface area contributed by atoms with E-state index in [9.17, 15) is 9.59 Å². The second-order valence-corrected chi connectivity index (χ2v) is 7.35. The fourth-order valence-electron chi connectivity index (χ4n) is 3.21. The molecule has 1 saturated heterocycles. The summed E-state index contributed by atoms with van der Waals surface area (Å²) in [5.74, 6) is 0.0979. The molecule has 0 unspecified atom stereocenters. The summed E-state index contributed by atoms with van der Waals surface area (Å²) < 4.78 is 5.29. The molecule has 1 fully saturated rings. The van der Waals surface area contributed by atoms with Gasteiger partial charge in [-0.3, -0.25) is 9.59 Å². The van der Waals surface area contributed by atoms with Crippen LogP contribution in [0.15, 0.2) is 46.5 Å². The molecule has 0 aliphatic carbocycles. The molecule has 3 heterocycles. The van der Waals surface area contributed by atoms with Gasteiger partial charge in [0.25, 0.3) is 5.91 Å². The Bertz CT molecular complexity index is 919. The fourth-order valence-corrected chi connectivity index (χ4v) is 3.91. The van der Waals surface area contributed by atoms with Crippen LogP contribution in [0, 0.1) is 0 Å². The second kappa shape index (κ2) is 7.29. The molecule has 2 aromatic heterocycles. The van der Waals surface area contributed by atoms with Crippen LogP contribution in [0.25, 0.3) is 11.1 Å². The number of hydrogen-bond donors (Lipinski definition) is 0. The number of rotatable bonds is 3. The summed E-state index contributed by atoms with van der Waals surface area (Å²) in [4.78, 5) is 34.1. The smallest absolute Gasteiger partial charge is 0.254 e.